The van der Waals surface area contributed by atoms with E-state index in [2.05, 4.69) is 5.11 Å². The molecule has 0 saturated heterocycles. The molecule has 0 amide bonds. The second kappa shape index (κ2) is 6.89. The molecule has 4 nitrogen and oxygen atoms in total. The fourth-order valence-corrected chi connectivity index (χ4v) is 1.62. The number of ketones is 1. The zero-order valence-electron chi connectivity index (χ0n) is 8.68. The molecule has 14 heavy (non-hydrogen) atoms. The summed E-state index contributed by atoms with van der Waals surface area (Å²) < 4.78 is 0.861. The molecule has 0 radical (unpaired) electrons. The lowest BCUT2D eigenvalue weighted by Crippen LogP contribution is -2.12. The summed E-state index contributed by atoms with van der Waals surface area (Å²) in [4.78, 5) is 11.3. The monoisotopic (exact) mass is 234 g/mol. The van der Waals surface area contributed by atoms with Gasteiger partial charge in [0.2, 0.25) is 6.20 Å². The summed E-state index contributed by atoms with van der Waals surface area (Å²) >= 11 is 2.94. The highest BCUT2D eigenvalue weighted by Crippen LogP contribution is 2.22. The van der Waals surface area contributed by atoms with E-state index in [1.54, 1.807) is 6.92 Å². The highest BCUT2D eigenvalue weighted by molar-refractivity contribution is 8.21. The third-order valence-electron chi connectivity index (χ3n) is 1.49. The molecule has 80 valence electrons. The van der Waals surface area contributed by atoms with Crippen molar-refractivity contribution in [1.82, 2.24) is 0 Å². The Labute approximate surface area is 92.4 Å². The van der Waals surface area contributed by atoms with E-state index < -0.39 is 6.04 Å². The Hall–Kier alpha value is -0.490. The van der Waals surface area contributed by atoms with Crippen molar-refractivity contribution in [2.75, 3.05) is 12.5 Å². The lowest BCUT2D eigenvalue weighted by atomic mass is 10.3. The molecule has 0 fully saturated rings. The van der Waals surface area contributed by atoms with Crippen LogP contribution in [0.2, 0.25) is 0 Å². The molecule has 0 heterocycles. The standard InChI is InChI=1S/C8H14N2O2S2/c1-6(7(2)11)9-10(12)5-8(13-3)14-4/h5-6H,1-4H3. The molecule has 6 heteroatoms. The van der Waals surface area contributed by atoms with E-state index in [9.17, 15) is 10.0 Å². The number of carbonyl (C=O) groups excluding carboxylic acids is 1. The number of hydroxylamine groups is 1. The largest absolute Gasteiger partial charge is 0.595 e. The summed E-state index contributed by atoms with van der Waals surface area (Å²) in [6.45, 7) is 3.01. The molecule has 0 aromatic rings. The topological polar surface area (TPSA) is 55.5 Å². The van der Waals surface area contributed by atoms with Gasteiger partial charge in [-0.3, -0.25) is 4.79 Å². The molecule has 0 bridgehead atoms. The minimum Gasteiger partial charge on any atom is -0.595 e. The Balaban J connectivity index is 4.52. The van der Waals surface area contributed by atoms with Crippen LogP contribution in [0.1, 0.15) is 13.8 Å². The van der Waals surface area contributed by atoms with Gasteiger partial charge < -0.3 is 5.21 Å². The predicted octanol–water partition coefficient (Wildman–Crippen LogP) is 2.45. The smallest absolute Gasteiger partial charge is 0.229 e. The predicted molar refractivity (Wildman–Crippen MR) is 61.3 cm³/mol. The van der Waals surface area contributed by atoms with Crippen LogP contribution in [0.15, 0.2) is 15.6 Å². The average Bonchev–Trinajstić information content (AvgIpc) is 2.13. The summed E-state index contributed by atoms with van der Waals surface area (Å²) in [6, 6.07) is -0.575. The molecule has 1 atom stereocenters. The quantitative estimate of drug-likeness (QED) is 0.416. The van der Waals surface area contributed by atoms with Crippen molar-refractivity contribution >= 4 is 29.3 Å². The van der Waals surface area contributed by atoms with Gasteiger partial charge >= 0.3 is 0 Å². The first kappa shape index (κ1) is 13.5. The van der Waals surface area contributed by atoms with Crippen LogP contribution < -0.4 is 0 Å². The minimum absolute atomic E-state index is 0.117. The first-order chi connectivity index (χ1) is 6.51. The van der Waals surface area contributed by atoms with Gasteiger partial charge in [-0.25, -0.2) is 0 Å². The third-order valence-corrected chi connectivity index (χ3v) is 3.51. The fraction of sp³-hybridized carbons (Fsp3) is 0.625. The number of hydrogen-bond donors (Lipinski definition) is 0. The van der Waals surface area contributed by atoms with Crippen LogP contribution in [0, 0.1) is 5.21 Å². The number of hydrogen-bond acceptors (Lipinski definition) is 5. The Morgan fingerprint density at radius 2 is 2.00 bits per heavy atom. The van der Waals surface area contributed by atoms with Crippen LogP contribution >= 0.6 is 23.5 Å². The highest BCUT2D eigenvalue weighted by Gasteiger charge is 2.09. The first-order valence-electron chi connectivity index (χ1n) is 3.98. The van der Waals surface area contributed by atoms with Crippen molar-refractivity contribution in [3.63, 3.8) is 0 Å². The van der Waals surface area contributed by atoms with Gasteiger partial charge in [0, 0.05) is 0 Å². The van der Waals surface area contributed by atoms with Gasteiger partial charge in [-0.15, -0.1) is 23.5 Å². The summed E-state index contributed by atoms with van der Waals surface area (Å²) in [6.07, 6.45) is 5.13. The van der Waals surface area contributed by atoms with Gasteiger partial charge in [0.05, 0.1) is 0 Å². The van der Waals surface area contributed by atoms with Crippen molar-refractivity contribution in [2.24, 2.45) is 5.11 Å². The van der Waals surface area contributed by atoms with Crippen LogP contribution in [-0.2, 0) is 4.79 Å². The van der Waals surface area contributed by atoms with Gasteiger partial charge in [0.15, 0.2) is 11.8 Å². The van der Waals surface area contributed by atoms with Gasteiger partial charge in [-0.2, -0.15) is 0 Å². The Bertz CT molecular complexity index is 258. The normalized spacial score (nSPS) is 13.6. The van der Waals surface area contributed by atoms with Crippen molar-refractivity contribution in [3.05, 3.63) is 15.6 Å². The Morgan fingerprint density at radius 3 is 2.36 bits per heavy atom. The summed E-state index contributed by atoms with van der Waals surface area (Å²) in [5, 5.41) is 14.8. The zero-order chi connectivity index (χ0) is 11.1. The molecule has 0 aliphatic heterocycles. The molecule has 0 aromatic heterocycles. The van der Waals surface area contributed by atoms with Crippen LogP contribution in [-0.4, -0.2) is 29.2 Å². The molecule has 0 aliphatic rings. The van der Waals surface area contributed by atoms with Gasteiger partial charge in [0.1, 0.15) is 4.24 Å². The van der Waals surface area contributed by atoms with Crippen LogP contribution in [0.3, 0.4) is 0 Å². The minimum atomic E-state index is -0.575. The second-order valence-electron chi connectivity index (χ2n) is 2.56. The van der Waals surface area contributed by atoms with E-state index in [1.165, 1.54) is 36.6 Å². The maximum Gasteiger partial charge on any atom is 0.229 e. The van der Waals surface area contributed by atoms with E-state index in [4.69, 9.17) is 0 Å². The average molecular weight is 234 g/mol. The van der Waals surface area contributed by atoms with Crippen molar-refractivity contribution < 1.29 is 9.66 Å². The maximum atomic E-state index is 11.2. The lowest BCUT2D eigenvalue weighted by Gasteiger charge is -2.00. The van der Waals surface area contributed by atoms with Gasteiger partial charge in [-0.05, 0) is 31.5 Å². The number of nitrogens with zero attached hydrogens (tertiary/aromatic N) is 2. The van der Waals surface area contributed by atoms with E-state index >= 15 is 0 Å². The SMILES string of the molecule is CSC(=C[N+]([O-])=NC(C)C(C)=O)SC. The number of azo groups is 1. The second-order valence-corrected chi connectivity index (χ2v) is 4.52. The molecular formula is C8H14N2O2S2. The lowest BCUT2D eigenvalue weighted by molar-refractivity contribution is -0.460. The van der Waals surface area contributed by atoms with Gasteiger partial charge in [0.25, 0.3) is 0 Å². The van der Waals surface area contributed by atoms with Crippen LogP contribution in [0.5, 0.6) is 0 Å². The molecule has 0 aromatic carbocycles. The number of carbonyl (C=O) groups is 1. The summed E-state index contributed by atoms with van der Waals surface area (Å²) in [7, 11) is 0. The number of Topliss-reactive ketones (excluding diaryl/α,β-unsaturated/α-hetero) is 1. The molecule has 0 aliphatic carbocycles. The van der Waals surface area contributed by atoms with E-state index in [0.29, 0.717) is 4.86 Å². The van der Waals surface area contributed by atoms with Crippen molar-refractivity contribution in [3.8, 4) is 0 Å². The third kappa shape index (κ3) is 5.29. The molecule has 0 rings (SSSR count). The van der Waals surface area contributed by atoms with Crippen LogP contribution in [0.4, 0.5) is 0 Å². The maximum absolute atomic E-state index is 11.2. The van der Waals surface area contributed by atoms with Crippen LogP contribution in [0.25, 0.3) is 0 Å². The summed E-state index contributed by atoms with van der Waals surface area (Å²) in [5.41, 5.74) is 0. The Kier molecular flexibility index (Phi) is 6.65. The van der Waals surface area contributed by atoms with E-state index in [0.717, 1.165) is 4.24 Å². The fourth-order valence-electron chi connectivity index (χ4n) is 0.564. The van der Waals surface area contributed by atoms with Crippen molar-refractivity contribution in [1.29, 1.82) is 0 Å². The van der Waals surface area contributed by atoms with Crippen molar-refractivity contribution in [2.45, 2.75) is 19.9 Å². The summed E-state index contributed by atoms with van der Waals surface area (Å²) in [5.74, 6) is -0.117. The van der Waals surface area contributed by atoms with E-state index in [1.807, 2.05) is 12.5 Å². The molecule has 0 N–H and O–H groups in total. The number of rotatable bonds is 5. The number of thioether (sulfide) groups is 2. The van der Waals surface area contributed by atoms with E-state index in [-0.39, 0.29) is 5.78 Å². The molecule has 0 saturated carbocycles. The van der Waals surface area contributed by atoms with Gasteiger partial charge in [-0.1, -0.05) is 4.86 Å². The molecule has 0 spiro atoms. The molecule has 1 unspecified atom stereocenters. The zero-order valence-corrected chi connectivity index (χ0v) is 10.3. The highest BCUT2D eigenvalue weighted by atomic mass is 32.2. The Morgan fingerprint density at radius 1 is 1.50 bits per heavy atom. The molecular weight excluding hydrogens is 220 g/mol. The first-order valence-corrected chi connectivity index (χ1v) is 6.43.